The molecule has 0 fully saturated rings. The zero-order chi connectivity index (χ0) is 16.7. The van der Waals surface area contributed by atoms with Crippen LogP contribution in [0.25, 0.3) is 0 Å². The van der Waals surface area contributed by atoms with Crippen LogP contribution in [-0.2, 0) is 9.59 Å². The largest absolute Gasteiger partial charge is 0.481 e. The Hall–Kier alpha value is -2.62. The van der Waals surface area contributed by atoms with E-state index in [1.165, 1.54) is 4.90 Å². The van der Waals surface area contributed by atoms with Gasteiger partial charge >= 0.3 is 5.97 Å². The molecule has 2 rings (SSSR count). The first-order valence-electron chi connectivity index (χ1n) is 7.63. The topological polar surface area (TPSA) is 57.6 Å². The monoisotopic (exact) mass is 311 g/mol. The van der Waals surface area contributed by atoms with E-state index in [9.17, 15) is 9.59 Å². The van der Waals surface area contributed by atoms with Crippen LogP contribution >= 0.6 is 0 Å². The lowest BCUT2D eigenvalue weighted by molar-refractivity contribution is -0.138. The van der Waals surface area contributed by atoms with Crippen LogP contribution in [0.3, 0.4) is 0 Å². The molecule has 0 radical (unpaired) electrons. The van der Waals surface area contributed by atoms with Crippen molar-refractivity contribution in [2.24, 2.45) is 0 Å². The molecule has 120 valence electrons. The van der Waals surface area contributed by atoms with E-state index in [-0.39, 0.29) is 24.8 Å². The average molecular weight is 311 g/mol. The van der Waals surface area contributed by atoms with Gasteiger partial charge in [0.05, 0.1) is 6.42 Å². The van der Waals surface area contributed by atoms with Crippen LogP contribution in [0, 0.1) is 0 Å². The molecule has 4 nitrogen and oxygen atoms in total. The van der Waals surface area contributed by atoms with Gasteiger partial charge in [0.15, 0.2) is 0 Å². The van der Waals surface area contributed by atoms with Crippen LogP contribution < -0.4 is 0 Å². The third-order valence-electron chi connectivity index (χ3n) is 3.87. The third-order valence-corrected chi connectivity index (χ3v) is 3.87. The van der Waals surface area contributed by atoms with E-state index in [2.05, 4.69) is 0 Å². The lowest BCUT2D eigenvalue weighted by atomic mass is 9.88. The van der Waals surface area contributed by atoms with Gasteiger partial charge in [-0.2, -0.15) is 0 Å². The standard InChI is InChI=1S/C19H21NO3/c1-20(13-12-19(22)23)18(21)14-17(15-8-4-2-5-9-15)16-10-6-3-7-11-16/h2-11,17H,12-14H2,1H3,(H,22,23). The summed E-state index contributed by atoms with van der Waals surface area (Å²) < 4.78 is 0. The molecule has 0 spiro atoms. The van der Waals surface area contributed by atoms with Gasteiger partial charge in [0.1, 0.15) is 0 Å². The number of carbonyl (C=O) groups excluding carboxylic acids is 1. The highest BCUT2D eigenvalue weighted by Crippen LogP contribution is 2.28. The molecule has 4 heteroatoms. The fourth-order valence-corrected chi connectivity index (χ4v) is 2.52. The Kier molecular flexibility index (Phi) is 5.92. The predicted molar refractivity (Wildman–Crippen MR) is 89.2 cm³/mol. The van der Waals surface area contributed by atoms with Crippen LogP contribution in [0.2, 0.25) is 0 Å². The van der Waals surface area contributed by atoms with Crippen LogP contribution in [0.15, 0.2) is 60.7 Å². The molecule has 0 heterocycles. The first kappa shape index (κ1) is 16.7. The lowest BCUT2D eigenvalue weighted by Gasteiger charge is -2.22. The maximum Gasteiger partial charge on any atom is 0.305 e. The summed E-state index contributed by atoms with van der Waals surface area (Å²) in [5.41, 5.74) is 2.16. The molecule has 23 heavy (non-hydrogen) atoms. The summed E-state index contributed by atoms with van der Waals surface area (Å²) >= 11 is 0. The Balaban J connectivity index is 2.15. The smallest absolute Gasteiger partial charge is 0.305 e. The Labute approximate surface area is 136 Å². The fraction of sp³-hybridized carbons (Fsp3) is 0.263. The lowest BCUT2D eigenvalue weighted by Crippen LogP contribution is -2.30. The van der Waals surface area contributed by atoms with E-state index >= 15 is 0 Å². The quantitative estimate of drug-likeness (QED) is 0.854. The van der Waals surface area contributed by atoms with Gasteiger partial charge < -0.3 is 10.0 Å². The zero-order valence-corrected chi connectivity index (χ0v) is 13.2. The van der Waals surface area contributed by atoms with Crippen LogP contribution in [0.1, 0.15) is 29.9 Å². The van der Waals surface area contributed by atoms with Crippen molar-refractivity contribution in [2.45, 2.75) is 18.8 Å². The molecule has 2 aromatic rings. The van der Waals surface area contributed by atoms with Crippen molar-refractivity contribution >= 4 is 11.9 Å². The molecule has 0 atom stereocenters. The minimum Gasteiger partial charge on any atom is -0.481 e. The van der Waals surface area contributed by atoms with E-state index in [1.54, 1.807) is 7.05 Å². The van der Waals surface area contributed by atoms with E-state index in [0.717, 1.165) is 11.1 Å². The molecule has 0 aromatic heterocycles. The maximum atomic E-state index is 12.4. The molecule has 2 aromatic carbocycles. The number of aliphatic carboxylic acids is 1. The Morgan fingerprint density at radius 1 is 0.957 bits per heavy atom. The highest BCUT2D eigenvalue weighted by Gasteiger charge is 2.20. The second-order valence-corrected chi connectivity index (χ2v) is 5.54. The van der Waals surface area contributed by atoms with Crippen molar-refractivity contribution in [2.75, 3.05) is 13.6 Å². The summed E-state index contributed by atoms with van der Waals surface area (Å²) in [7, 11) is 1.65. The van der Waals surface area contributed by atoms with Crippen molar-refractivity contribution in [3.63, 3.8) is 0 Å². The molecule has 0 unspecified atom stereocenters. The number of amides is 1. The molecule has 0 aliphatic carbocycles. The average Bonchev–Trinajstić information content (AvgIpc) is 2.58. The first-order valence-corrected chi connectivity index (χ1v) is 7.63. The van der Waals surface area contributed by atoms with Gasteiger partial charge in [-0.15, -0.1) is 0 Å². The van der Waals surface area contributed by atoms with Gasteiger partial charge in [-0.25, -0.2) is 0 Å². The second kappa shape index (κ2) is 8.13. The van der Waals surface area contributed by atoms with Gasteiger partial charge in [-0.3, -0.25) is 9.59 Å². The predicted octanol–water partition coefficient (Wildman–Crippen LogP) is 3.14. The number of carboxylic acid groups (broad SMARTS) is 1. The van der Waals surface area contributed by atoms with E-state index in [4.69, 9.17) is 5.11 Å². The van der Waals surface area contributed by atoms with Crippen LogP contribution in [-0.4, -0.2) is 35.5 Å². The summed E-state index contributed by atoms with van der Waals surface area (Å²) in [6, 6.07) is 19.8. The number of rotatable bonds is 7. The summed E-state index contributed by atoms with van der Waals surface area (Å²) in [5.74, 6) is -0.978. The van der Waals surface area contributed by atoms with Crippen molar-refractivity contribution in [1.82, 2.24) is 4.90 Å². The Morgan fingerprint density at radius 2 is 1.43 bits per heavy atom. The second-order valence-electron chi connectivity index (χ2n) is 5.54. The molecule has 0 saturated heterocycles. The molecule has 0 aliphatic rings. The molecule has 1 N–H and O–H groups in total. The highest BCUT2D eigenvalue weighted by atomic mass is 16.4. The van der Waals surface area contributed by atoms with Gasteiger partial charge in [-0.1, -0.05) is 60.7 Å². The summed E-state index contributed by atoms with van der Waals surface area (Å²) in [6.45, 7) is 0.227. The van der Waals surface area contributed by atoms with Crippen molar-refractivity contribution in [3.05, 3.63) is 71.8 Å². The minimum atomic E-state index is -0.896. The maximum absolute atomic E-state index is 12.4. The molecular formula is C19H21NO3. The van der Waals surface area contributed by atoms with Crippen LogP contribution in [0.5, 0.6) is 0 Å². The summed E-state index contributed by atoms with van der Waals surface area (Å²) in [6.07, 6.45) is 0.285. The molecule has 0 aliphatic heterocycles. The fourth-order valence-electron chi connectivity index (χ4n) is 2.52. The van der Waals surface area contributed by atoms with Crippen molar-refractivity contribution < 1.29 is 14.7 Å². The first-order chi connectivity index (χ1) is 11.1. The summed E-state index contributed by atoms with van der Waals surface area (Å²) in [4.78, 5) is 24.6. The SMILES string of the molecule is CN(CCC(=O)O)C(=O)CC(c1ccccc1)c1ccccc1. The van der Waals surface area contributed by atoms with E-state index < -0.39 is 5.97 Å². The minimum absolute atomic E-state index is 0.0304. The Bertz CT molecular complexity index is 601. The van der Waals surface area contributed by atoms with Gasteiger partial charge in [0.25, 0.3) is 0 Å². The van der Waals surface area contributed by atoms with Crippen molar-refractivity contribution in [1.29, 1.82) is 0 Å². The van der Waals surface area contributed by atoms with Gasteiger partial charge in [-0.05, 0) is 11.1 Å². The number of carboxylic acids is 1. The van der Waals surface area contributed by atoms with Gasteiger partial charge in [0, 0.05) is 25.9 Å². The third kappa shape index (κ3) is 4.95. The van der Waals surface area contributed by atoms with Crippen molar-refractivity contribution in [3.8, 4) is 0 Å². The number of hydrogen-bond donors (Lipinski definition) is 1. The van der Waals surface area contributed by atoms with Crippen LogP contribution in [0.4, 0.5) is 0 Å². The normalized spacial score (nSPS) is 10.5. The van der Waals surface area contributed by atoms with Gasteiger partial charge in [0.2, 0.25) is 5.91 Å². The molecule has 0 bridgehead atoms. The number of carbonyl (C=O) groups is 2. The number of hydrogen-bond acceptors (Lipinski definition) is 2. The van der Waals surface area contributed by atoms with E-state index in [1.807, 2.05) is 60.7 Å². The number of nitrogens with zero attached hydrogens (tertiary/aromatic N) is 1. The summed E-state index contributed by atoms with van der Waals surface area (Å²) in [5, 5.41) is 8.74. The van der Waals surface area contributed by atoms with E-state index in [0.29, 0.717) is 6.42 Å². The molecule has 1 amide bonds. The Morgan fingerprint density at radius 3 is 1.87 bits per heavy atom. The zero-order valence-electron chi connectivity index (χ0n) is 13.2. The number of benzene rings is 2. The molecular weight excluding hydrogens is 290 g/mol. The molecule has 0 saturated carbocycles. The highest BCUT2D eigenvalue weighted by molar-refractivity contribution is 5.78.